The first-order valence-electron chi connectivity index (χ1n) is 5.62. The third-order valence-corrected chi connectivity index (χ3v) is 3.57. The van der Waals surface area contributed by atoms with E-state index in [2.05, 4.69) is 5.32 Å². The van der Waals surface area contributed by atoms with Gasteiger partial charge in [-0.1, -0.05) is 12.8 Å². The van der Waals surface area contributed by atoms with E-state index < -0.39 is 0 Å². The molecular formula is C12H18ClNOS. The molecule has 0 unspecified atom stereocenters. The van der Waals surface area contributed by atoms with Crippen molar-refractivity contribution in [2.45, 2.75) is 32.6 Å². The molecule has 0 saturated heterocycles. The number of alkyl halides is 1. The summed E-state index contributed by atoms with van der Waals surface area (Å²) >= 11 is 7.15. The standard InChI is InChI=1S/C12H18ClNOS/c1-10-8-16-9-11(10)12(15)14-7-5-3-2-4-6-13/h8-9H,2-7H2,1H3,(H,14,15). The minimum Gasteiger partial charge on any atom is -0.352 e. The minimum absolute atomic E-state index is 0.0519. The molecule has 0 atom stereocenters. The lowest BCUT2D eigenvalue weighted by atomic mass is 10.2. The topological polar surface area (TPSA) is 29.1 Å². The van der Waals surface area contributed by atoms with Crippen LogP contribution in [-0.4, -0.2) is 18.3 Å². The number of amides is 1. The molecule has 0 spiro atoms. The van der Waals surface area contributed by atoms with Crippen LogP contribution in [0, 0.1) is 6.92 Å². The molecule has 16 heavy (non-hydrogen) atoms. The van der Waals surface area contributed by atoms with Gasteiger partial charge in [0.25, 0.3) is 5.91 Å². The Labute approximate surface area is 106 Å². The zero-order valence-electron chi connectivity index (χ0n) is 9.59. The van der Waals surface area contributed by atoms with Crippen LogP contribution in [0.2, 0.25) is 0 Å². The van der Waals surface area contributed by atoms with Crippen molar-refractivity contribution in [2.24, 2.45) is 0 Å². The Morgan fingerprint density at radius 3 is 2.69 bits per heavy atom. The van der Waals surface area contributed by atoms with Crippen molar-refractivity contribution >= 4 is 28.8 Å². The summed E-state index contributed by atoms with van der Waals surface area (Å²) in [5.74, 6) is 0.789. The average molecular weight is 260 g/mol. The average Bonchev–Trinajstić information content (AvgIpc) is 2.69. The van der Waals surface area contributed by atoms with E-state index in [1.165, 1.54) is 0 Å². The van der Waals surface area contributed by atoms with Gasteiger partial charge in [-0.05, 0) is 30.7 Å². The van der Waals surface area contributed by atoms with Crippen LogP contribution < -0.4 is 5.32 Å². The van der Waals surface area contributed by atoms with Gasteiger partial charge in [0, 0.05) is 17.8 Å². The van der Waals surface area contributed by atoms with Crippen LogP contribution in [0.4, 0.5) is 0 Å². The SMILES string of the molecule is Cc1cscc1C(=O)NCCCCCCCl. The lowest BCUT2D eigenvalue weighted by Crippen LogP contribution is -2.24. The summed E-state index contributed by atoms with van der Waals surface area (Å²) in [5, 5.41) is 6.83. The molecule has 1 aromatic heterocycles. The summed E-state index contributed by atoms with van der Waals surface area (Å²) in [7, 11) is 0. The van der Waals surface area contributed by atoms with Crippen LogP contribution in [0.5, 0.6) is 0 Å². The number of carbonyl (C=O) groups excluding carboxylic acids is 1. The highest BCUT2D eigenvalue weighted by Crippen LogP contribution is 2.13. The lowest BCUT2D eigenvalue weighted by molar-refractivity contribution is 0.0953. The molecule has 90 valence electrons. The van der Waals surface area contributed by atoms with E-state index in [9.17, 15) is 4.79 Å². The van der Waals surface area contributed by atoms with E-state index in [0.29, 0.717) is 0 Å². The minimum atomic E-state index is 0.0519. The number of unbranched alkanes of at least 4 members (excludes halogenated alkanes) is 3. The molecule has 1 amide bonds. The first kappa shape index (κ1) is 13.5. The fourth-order valence-corrected chi connectivity index (χ4v) is 2.48. The van der Waals surface area contributed by atoms with Crippen LogP contribution in [-0.2, 0) is 0 Å². The number of carbonyl (C=O) groups is 1. The molecule has 0 aliphatic heterocycles. The number of thiophene rings is 1. The number of aryl methyl sites for hydroxylation is 1. The molecule has 1 N–H and O–H groups in total. The maximum Gasteiger partial charge on any atom is 0.252 e. The van der Waals surface area contributed by atoms with Crippen LogP contribution >= 0.6 is 22.9 Å². The van der Waals surface area contributed by atoms with Crippen molar-refractivity contribution in [2.75, 3.05) is 12.4 Å². The molecule has 2 nitrogen and oxygen atoms in total. The zero-order valence-corrected chi connectivity index (χ0v) is 11.2. The van der Waals surface area contributed by atoms with E-state index in [4.69, 9.17) is 11.6 Å². The molecule has 0 aliphatic carbocycles. The van der Waals surface area contributed by atoms with E-state index >= 15 is 0 Å². The molecule has 0 radical (unpaired) electrons. The molecule has 4 heteroatoms. The van der Waals surface area contributed by atoms with E-state index in [1.54, 1.807) is 11.3 Å². The van der Waals surface area contributed by atoms with Gasteiger partial charge in [0.15, 0.2) is 0 Å². The van der Waals surface area contributed by atoms with Crippen LogP contribution in [0.1, 0.15) is 41.6 Å². The summed E-state index contributed by atoms with van der Waals surface area (Å²) < 4.78 is 0. The zero-order chi connectivity index (χ0) is 11.8. The van der Waals surface area contributed by atoms with Crippen molar-refractivity contribution in [1.29, 1.82) is 0 Å². The normalized spacial score (nSPS) is 10.4. The quantitative estimate of drug-likeness (QED) is 0.589. The van der Waals surface area contributed by atoms with Gasteiger partial charge in [0.2, 0.25) is 0 Å². The summed E-state index contributed by atoms with van der Waals surface area (Å²) in [5.41, 5.74) is 1.87. The third-order valence-electron chi connectivity index (χ3n) is 2.45. The van der Waals surface area contributed by atoms with Crippen molar-refractivity contribution < 1.29 is 4.79 Å². The number of hydrogen-bond acceptors (Lipinski definition) is 2. The van der Waals surface area contributed by atoms with Crippen molar-refractivity contribution in [3.63, 3.8) is 0 Å². The molecular weight excluding hydrogens is 242 g/mol. The fourth-order valence-electron chi connectivity index (χ4n) is 1.46. The number of halogens is 1. The Bertz CT molecular complexity index is 325. The smallest absolute Gasteiger partial charge is 0.252 e. The number of rotatable bonds is 7. The fraction of sp³-hybridized carbons (Fsp3) is 0.583. The van der Waals surface area contributed by atoms with E-state index in [0.717, 1.165) is 49.2 Å². The molecule has 0 fully saturated rings. The van der Waals surface area contributed by atoms with Crippen molar-refractivity contribution in [1.82, 2.24) is 5.32 Å². The second kappa shape index (κ2) is 7.69. The maximum atomic E-state index is 11.7. The van der Waals surface area contributed by atoms with Crippen LogP contribution in [0.15, 0.2) is 10.8 Å². The molecule has 1 aromatic rings. The van der Waals surface area contributed by atoms with Gasteiger partial charge >= 0.3 is 0 Å². The molecule has 0 bridgehead atoms. The predicted octanol–water partition coefficient (Wildman–Crippen LogP) is 3.59. The maximum absolute atomic E-state index is 11.7. The highest BCUT2D eigenvalue weighted by Gasteiger charge is 2.08. The number of nitrogens with one attached hydrogen (secondary N) is 1. The first-order chi connectivity index (χ1) is 7.75. The van der Waals surface area contributed by atoms with Crippen molar-refractivity contribution in [3.8, 4) is 0 Å². The summed E-state index contributed by atoms with van der Waals surface area (Å²) in [6.45, 7) is 2.72. The molecule has 1 rings (SSSR count). The summed E-state index contributed by atoms with van der Waals surface area (Å²) in [6.07, 6.45) is 4.39. The lowest BCUT2D eigenvalue weighted by Gasteiger charge is -2.04. The molecule has 0 aromatic carbocycles. The van der Waals surface area contributed by atoms with E-state index in [1.807, 2.05) is 17.7 Å². The first-order valence-corrected chi connectivity index (χ1v) is 7.10. The summed E-state index contributed by atoms with van der Waals surface area (Å²) in [4.78, 5) is 11.7. The van der Waals surface area contributed by atoms with Gasteiger partial charge in [-0.2, -0.15) is 11.3 Å². The molecule has 1 heterocycles. The predicted molar refractivity (Wildman–Crippen MR) is 70.6 cm³/mol. The van der Waals surface area contributed by atoms with Crippen LogP contribution in [0.25, 0.3) is 0 Å². The third kappa shape index (κ3) is 4.54. The Balaban J connectivity index is 2.14. The number of hydrogen-bond donors (Lipinski definition) is 1. The highest BCUT2D eigenvalue weighted by atomic mass is 35.5. The highest BCUT2D eigenvalue weighted by molar-refractivity contribution is 7.08. The Kier molecular flexibility index (Phi) is 6.50. The van der Waals surface area contributed by atoms with E-state index in [-0.39, 0.29) is 5.91 Å². The Hall–Kier alpha value is -0.540. The Morgan fingerprint density at radius 2 is 2.06 bits per heavy atom. The van der Waals surface area contributed by atoms with Crippen LogP contribution in [0.3, 0.4) is 0 Å². The second-order valence-corrected chi connectivity index (χ2v) is 4.95. The summed E-state index contributed by atoms with van der Waals surface area (Å²) in [6, 6.07) is 0. The second-order valence-electron chi connectivity index (χ2n) is 3.83. The monoisotopic (exact) mass is 259 g/mol. The molecule has 0 saturated carbocycles. The van der Waals surface area contributed by atoms with Gasteiger partial charge in [0.05, 0.1) is 5.56 Å². The largest absolute Gasteiger partial charge is 0.352 e. The Morgan fingerprint density at radius 1 is 1.31 bits per heavy atom. The van der Waals surface area contributed by atoms with Gasteiger partial charge in [-0.15, -0.1) is 11.6 Å². The van der Waals surface area contributed by atoms with Gasteiger partial charge < -0.3 is 5.32 Å². The van der Waals surface area contributed by atoms with Gasteiger partial charge in [0.1, 0.15) is 0 Å². The van der Waals surface area contributed by atoms with Gasteiger partial charge in [-0.25, -0.2) is 0 Å². The van der Waals surface area contributed by atoms with Gasteiger partial charge in [-0.3, -0.25) is 4.79 Å². The van der Waals surface area contributed by atoms with Crippen molar-refractivity contribution in [3.05, 3.63) is 21.9 Å². The molecule has 0 aliphatic rings.